The van der Waals surface area contributed by atoms with Gasteiger partial charge in [-0.3, -0.25) is 5.41 Å². The fourth-order valence-corrected chi connectivity index (χ4v) is 1.46. The average Bonchev–Trinajstić information content (AvgIpc) is 2.61. The van der Waals surface area contributed by atoms with Crippen molar-refractivity contribution in [3.8, 4) is 0 Å². The zero-order chi connectivity index (χ0) is 12.1. The van der Waals surface area contributed by atoms with Crippen LogP contribution in [0, 0.1) is 5.41 Å². The van der Waals surface area contributed by atoms with Crippen molar-refractivity contribution in [2.24, 2.45) is 16.5 Å². The Labute approximate surface area is 95.0 Å². The highest BCUT2D eigenvalue weighted by Crippen LogP contribution is 2.16. The van der Waals surface area contributed by atoms with E-state index < -0.39 is 5.97 Å². The minimum absolute atomic E-state index is 0.0618. The molecule has 86 valence electrons. The first kappa shape index (κ1) is 12.1. The first-order valence-corrected chi connectivity index (χ1v) is 5.10. The summed E-state index contributed by atoms with van der Waals surface area (Å²) in [6.45, 7) is 0. The van der Waals surface area contributed by atoms with E-state index in [0.29, 0.717) is 11.5 Å². The van der Waals surface area contributed by atoms with Crippen LogP contribution >= 0.6 is 11.8 Å². The van der Waals surface area contributed by atoms with E-state index >= 15 is 0 Å². The third-order valence-corrected chi connectivity index (χ3v) is 2.25. The van der Waals surface area contributed by atoms with Crippen LogP contribution in [0.25, 0.3) is 0 Å². The van der Waals surface area contributed by atoms with Gasteiger partial charge in [0.05, 0.1) is 5.75 Å². The molecule has 0 bridgehead atoms. The van der Waals surface area contributed by atoms with E-state index in [9.17, 15) is 4.79 Å². The Morgan fingerprint density at radius 1 is 1.56 bits per heavy atom. The molecule has 7 nitrogen and oxygen atoms in total. The zero-order valence-corrected chi connectivity index (χ0v) is 8.95. The molecule has 0 aliphatic carbocycles. The van der Waals surface area contributed by atoms with E-state index in [0.717, 1.165) is 11.8 Å². The van der Waals surface area contributed by atoms with Gasteiger partial charge in [0.25, 0.3) is 0 Å². The number of amidine groups is 1. The fraction of sp³-hybridized carbons (Fsp3) is 0.125. The molecule has 0 saturated heterocycles. The second kappa shape index (κ2) is 5.21. The summed E-state index contributed by atoms with van der Waals surface area (Å²) in [4.78, 5) is 14.0. The zero-order valence-electron chi connectivity index (χ0n) is 8.14. The van der Waals surface area contributed by atoms with E-state index in [4.69, 9.17) is 26.4 Å². The molecule has 6 N–H and O–H groups in total. The fourth-order valence-electron chi connectivity index (χ4n) is 0.859. The number of carbonyl (C=O) groups is 1. The maximum absolute atomic E-state index is 10.5. The van der Waals surface area contributed by atoms with Crippen molar-refractivity contribution in [3.63, 3.8) is 0 Å². The Morgan fingerprint density at radius 2 is 2.25 bits per heavy atom. The van der Waals surface area contributed by atoms with Crippen LogP contribution in [0.5, 0.6) is 0 Å². The van der Waals surface area contributed by atoms with Crippen LogP contribution in [0.2, 0.25) is 0 Å². The summed E-state index contributed by atoms with van der Waals surface area (Å²) in [7, 11) is 0. The predicted molar refractivity (Wildman–Crippen MR) is 60.5 cm³/mol. The third-order valence-electron chi connectivity index (χ3n) is 1.45. The summed E-state index contributed by atoms with van der Waals surface area (Å²) in [6.07, 6.45) is 0. The molecule has 0 aliphatic rings. The van der Waals surface area contributed by atoms with Crippen molar-refractivity contribution >= 4 is 28.9 Å². The van der Waals surface area contributed by atoms with E-state index in [1.165, 1.54) is 12.1 Å². The molecule has 0 fully saturated rings. The number of nitrogens with one attached hydrogen (secondary N) is 1. The molecular weight excluding hydrogens is 232 g/mol. The standard InChI is InChI=1S/C8H10N4O3S/c9-7(10)12-8(11)16-3-4-1-2-5(15-4)6(13)14/h1-2H,3H2,(H,13,14)(H5,9,10,11,12). The SMILES string of the molecule is N=C(N=C(N)N)SCc1ccc(C(=O)O)o1. The monoisotopic (exact) mass is 242 g/mol. The van der Waals surface area contributed by atoms with Crippen LogP contribution in [0.4, 0.5) is 0 Å². The molecule has 0 saturated carbocycles. The number of thioether (sulfide) groups is 1. The number of aromatic carboxylic acids is 1. The van der Waals surface area contributed by atoms with Crippen LogP contribution in [0.1, 0.15) is 16.3 Å². The summed E-state index contributed by atoms with van der Waals surface area (Å²) in [6, 6.07) is 2.88. The lowest BCUT2D eigenvalue weighted by atomic mass is 10.4. The van der Waals surface area contributed by atoms with Gasteiger partial charge in [-0.25, -0.2) is 4.79 Å². The predicted octanol–water partition coefficient (Wildman–Crippen LogP) is 0.419. The van der Waals surface area contributed by atoms with Gasteiger partial charge in [-0.15, -0.1) is 0 Å². The molecule has 8 heteroatoms. The van der Waals surface area contributed by atoms with Gasteiger partial charge >= 0.3 is 5.97 Å². The van der Waals surface area contributed by atoms with E-state index in [1.54, 1.807) is 0 Å². The van der Waals surface area contributed by atoms with E-state index in [1.807, 2.05) is 0 Å². The lowest BCUT2D eigenvalue weighted by Gasteiger charge is -1.96. The highest BCUT2D eigenvalue weighted by atomic mass is 32.2. The molecule has 1 rings (SSSR count). The van der Waals surface area contributed by atoms with Crippen LogP contribution in [-0.4, -0.2) is 22.2 Å². The molecule has 16 heavy (non-hydrogen) atoms. The van der Waals surface area contributed by atoms with Crippen LogP contribution in [0.3, 0.4) is 0 Å². The Hall–Kier alpha value is -1.96. The molecule has 1 aromatic rings. The maximum Gasteiger partial charge on any atom is 0.371 e. The minimum Gasteiger partial charge on any atom is -0.475 e. The number of guanidine groups is 1. The number of hydrogen-bond acceptors (Lipinski definition) is 4. The van der Waals surface area contributed by atoms with Gasteiger partial charge in [0, 0.05) is 0 Å². The van der Waals surface area contributed by atoms with E-state index in [2.05, 4.69) is 4.99 Å². The molecule has 0 atom stereocenters. The highest BCUT2D eigenvalue weighted by molar-refractivity contribution is 8.13. The largest absolute Gasteiger partial charge is 0.475 e. The Kier molecular flexibility index (Phi) is 3.95. The number of carboxylic acid groups (broad SMARTS) is 1. The molecule has 0 amide bonds. The summed E-state index contributed by atoms with van der Waals surface area (Å²) >= 11 is 1.03. The minimum atomic E-state index is -1.13. The van der Waals surface area contributed by atoms with Gasteiger partial charge in [0.1, 0.15) is 5.76 Å². The molecule has 0 spiro atoms. The van der Waals surface area contributed by atoms with Gasteiger partial charge in [0.2, 0.25) is 5.76 Å². The Balaban J connectivity index is 2.52. The number of nitrogens with zero attached hydrogens (tertiary/aromatic N) is 1. The highest BCUT2D eigenvalue weighted by Gasteiger charge is 2.09. The lowest BCUT2D eigenvalue weighted by Crippen LogP contribution is -2.23. The van der Waals surface area contributed by atoms with Crippen molar-refractivity contribution in [2.75, 3.05) is 0 Å². The first-order valence-electron chi connectivity index (χ1n) is 4.12. The van der Waals surface area contributed by atoms with Crippen molar-refractivity contribution in [3.05, 3.63) is 23.7 Å². The van der Waals surface area contributed by atoms with Crippen molar-refractivity contribution in [1.29, 1.82) is 5.41 Å². The topological polar surface area (TPSA) is 139 Å². The summed E-state index contributed by atoms with van der Waals surface area (Å²) in [5.74, 6) is -0.719. The lowest BCUT2D eigenvalue weighted by molar-refractivity contribution is 0.0661. The smallest absolute Gasteiger partial charge is 0.371 e. The number of rotatable bonds is 3. The molecule has 1 heterocycles. The van der Waals surface area contributed by atoms with Crippen LogP contribution < -0.4 is 11.5 Å². The quantitative estimate of drug-likeness (QED) is 0.447. The molecular formula is C8H10N4O3S. The van der Waals surface area contributed by atoms with Gasteiger partial charge in [-0.05, 0) is 12.1 Å². The van der Waals surface area contributed by atoms with Gasteiger partial charge in [-0.1, -0.05) is 11.8 Å². The molecule has 0 aromatic carbocycles. The first-order chi connectivity index (χ1) is 7.49. The average molecular weight is 242 g/mol. The maximum atomic E-state index is 10.5. The Bertz CT molecular complexity index is 436. The summed E-state index contributed by atoms with van der Waals surface area (Å²) in [5.41, 5.74) is 10.2. The van der Waals surface area contributed by atoms with Crippen LogP contribution in [-0.2, 0) is 5.75 Å². The number of aliphatic imine (C=N–C) groups is 1. The van der Waals surface area contributed by atoms with Crippen molar-refractivity contribution in [2.45, 2.75) is 5.75 Å². The van der Waals surface area contributed by atoms with Gasteiger partial charge < -0.3 is 21.0 Å². The van der Waals surface area contributed by atoms with Crippen molar-refractivity contribution < 1.29 is 14.3 Å². The molecule has 0 unspecified atom stereocenters. The van der Waals surface area contributed by atoms with Gasteiger partial charge in [-0.2, -0.15) is 4.99 Å². The normalized spacial score (nSPS) is 9.75. The molecule has 0 radical (unpaired) electrons. The second-order valence-electron chi connectivity index (χ2n) is 2.70. The summed E-state index contributed by atoms with van der Waals surface area (Å²) < 4.78 is 4.97. The Morgan fingerprint density at radius 3 is 2.75 bits per heavy atom. The number of nitrogens with two attached hydrogens (primary N) is 2. The number of carboxylic acids is 1. The van der Waals surface area contributed by atoms with Gasteiger partial charge in [0.15, 0.2) is 11.1 Å². The van der Waals surface area contributed by atoms with Crippen molar-refractivity contribution in [1.82, 2.24) is 0 Å². The molecule has 0 aliphatic heterocycles. The third kappa shape index (κ3) is 3.65. The molecule has 1 aromatic heterocycles. The number of furan rings is 1. The second-order valence-corrected chi connectivity index (χ2v) is 3.67. The number of hydrogen-bond donors (Lipinski definition) is 4. The van der Waals surface area contributed by atoms with E-state index in [-0.39, 0.29) is 16.9 Å². The van der Waals surface area contributed by atoms with Crippen LogP contribution in [0.15, 0.2) is 21.5 Å². The summed E-state index contributed by atoms with van der Waals surface area (Å²) in [5, 5.41) is 15.9.